The molecule has 0 saturated carbocycles. The minimum Gasteiger partial charge on any atom is -0.381 e. The van der Waals surface area contributed by atoms with Crippen LogP contribution in [0.1, 0.15) is 40.0 Å². The first kappa shape index (κ1) is 15.2. The molecule has 7 nitrogen and oxygen atoms in total. The zero-order valence-electron chi connectivity index (χ0n) is 12.5. The summed E-state index contributed by atoms with van der Waals surface area (Å²) in [5.41, 5.74) is 1.21. The van der Waals surface area contributed by atoms with Gasteiger partial charge in [0.15, 0.2) is 5.52 Å². The van der Waals surface area contributed by atoms with E-state index in [4.69, 9.17) is 0 Å². The van der Waals surface area contributed by atoms with Crippen LogP contribution in [0.2, 0.25) is 0 Å². The lowest BCUT2D eigenvalue weighted by Crippen LogP contribution is -2.15. The minimum absolute atomic E-state index is 0.0933. The first-order chi connectivity index (χ1) is 9.99. The number of rotatable bonds is 7. The molecule has 0 bridgehead atoms. The molecule has 1 N–H and O–H groups in total. The van der Waals surface area contributed by atoms with Crippen molar-refractivity contribution in [2.75, 3.05) is 5.32 Å². The van der Waals surface area contributed by atoms with E-state index < -0.39 is 4.92 Å². The van der Waals surface area contributed by atoms with Crippen LogP contribution in [0.25, 0.3) is 11.0 Å². The second-order valence-corrected chi connectivity index (χ2v) is 5.72. The molecule has 7 heteroatoms. The summed E-state index contributed by atoms with van der Waals surface area (Å²) in [4.78, 5) is 10.4. The quantitative estimate of drug-likeness (QED) is 0.616. The van der Waals surface area contributed by atoms with Crippen LogP contribution < -0.4 is 5.32 Å². The van der Waals surface area contributed by atoms with Crippen molar-refractivity contribution in [3.05, 3.63) is 22.2 Å². The second-order valence-electron chi connectivity index (χ2n) is 5.72. The lowest BCUT2D eigenvalue weighted by molar-refractivity contribution is -0.383. The molecular weight excluding hydrogens is 272 g/mol. The average Bonchev–Trinajstić information content (AvgIpc) is 2.87. The topological polar surface area (TPSA) is 94.1 Å². The number of aromatic nitrogens is 2. The van der Waals surface area contributed by atoms with Gasteiger partial charge in [-0.3, -0.25) is 10.1 Å². The lowest BCUT2D eigenvalue weighted by Gasteiger charge is -2.15. The third-order valence-electron chi connectivity index (χ3n) is 3.41. The molecular formula is C14H20N4O3. The molecule has 0 radical (unpaired) electrons. The number of nitrogens with one attached hydrogen (secondary N) is 1. The van der Waals surface area contributed by atoms with Gasteiger partial charge in [0.1, 0.15) is 0 Å². The summed E-state index contributed by atoms with van der Waals surface area (Å²) in [6, 6.07) is 3.34. The highest BCUT2D eigenvalue weighted by atomic mass is 16.6. The summed E-state index contributed by atoms with van der Waals surface area (Å²) in [7, 11) is 0. The van der Waals surface area contributed by atoms with E-state index in [0.717, 1.165) is 12.8 Å². The maximum atomic E-state index is 10.9. The molecule has 0 aliphatic heterocycles. The summed E-state index contributed by atoms with van der Waals surface area (Å²) in [5.74, 6) is 0.697. The molecule has 0 spiro atoms. The fourth-order valence-corrected chi connectivity index (χ4v) is 2.29. The highest BCUT2D eigenvalue weighted by Crippen LogP contribution is 2.29. The Morgan fingerprint density at radius 3 is 2.62 bits per heavy atom. The van der Waals surface area contributed by atoms with Crippen molar-refractivity contribution >= 4 is 22.4 Å². The highest BCUT2D eigenvalue weighted by Gasteiger charge is 2.20. The number of hydrogen-bond donors (Lipinski definition) is 1. The van der Waals surface area contributed by atoms with E-state index in [-0.39, 0.29) is 17.2 Å². The zero-order chi connectivity index (χ0) is 15.4. The Labute approximate surface area is 122 Å². The molecule has 0 fully saturated rings. The largest absolute Gasteiger partial charge is 0.381 e. The highest BCUT2D eigenvalue weighted by molar-refractivity contribution is 5.93. The van der Waals surface area contributed by atoms with E-state index in [2.05, 4.69) is 41.0 Å². The third kappa shape index (κ3) is 3.68. The fraction of sp³-hybridized carbons (Fsp3) is 0.571. The van der Waals surface area contributed by atoms with Gasteiger partial charge in [0.2, 0.25) is 5.52 Å². The van der Waals surface area contributed by atoms with Gasteiger partial charge in [-0.25, -0.2) is 4.63 Å². The molecule has 1 aromatic heterocycles. The van der Waals surface area contributed by atoms with Crippen LogP contribution >= 0.6 is 0 Å². The molecule has 0 saturated heterocycles. The zero-order valence-corrected chi connectivity index (χ0v) is 12.5. The summed E-state index contributed by atoms with van der Waals surface area (Å²) >= 11 is 0. The van der Waals surface area contributed by atoms with E-state index in [1.165, 1.54) is 12.5 Å². The van der Waals surface area contributed by atoms with E-state index in [1.54, 1.807) is 6.07 Å². The standard InChI is InChI=1S/C14H20N4O3/c1-9(2)5-4-6-10(3)15-11-7-8-12(18(19)20)14-13(11)16-21-17-14/h7-10,15H,4-6H2,1-3H3. The van der Waals surface area contributed by atoms with E-state index >= 15 is 0 Å². The van der Waals surface area contributed by atoms with Crippen LogP contribution in [0.15, 0.2) is 16.8 Å². The predicted molar refractivity (Wildman–Crippen MR) is 80.2 cm³/mol. The number of non-ortho nitro benzene ring substituents is 1. The van der Waals surface area contributed by atoms with Crippen molar-refractivity contribution in [3.63, 3.8) is 0 Å². The monoisotopic (exact) mass is 292 g/mol. The van der Waals surface area contributed by atoms with Gasteiger partial charge in [-0.1, -0.05) is 26.7 Å². The molecule has 1 unspecified atom stereocenters. The van der Waals surface area contributed by atoms with Crippen molar-refractivity contribution < 1.29 is 9.55 Å². The maximum Gasteiger partial charge on any atom is 0.300 e. The van der Waals surface area contributed by atoms with Gasteiger partial charge in [0.25, 0.3) is 0 Å². The smallest absolute Gasteiger partial charge is 0.300 e. The van der Waals surface area contributed by atoms with Crippen LogP contribution in [0.3, 0.4) is 0 Å². The van der Waals surface area contributed by atoms with Gasteiger partial charge < -0.3 is 5.32 Å². The Balaban J connectivity index is 2.10. The maximum absolute atomic E-state index is 10.9. The third-order valence-corrected chi connectivity index (χ3v) is 3.41. The number of nitrogens with zero attached hydrogens (tertiary/aromatic N) is 3. The number of anilines is 1. The van der Waals surface area contributed by atoms with Crippen molar-refractivity contribution in [3.8, 4) is 0 Å². The molecule has 114 valence electrons. The molecule has 1 heterocycles. The Morgan fingerprint density at radius 1 is 1.24 bits per heavy atom. The summed E-state index contributed by atoms with van der Waals surface area (Å²) in [6.45, 7) is 6.50. The summed E-state index contributed by atoms with van der Waals surface area (Å²) in [6.07, 6.45) is 3.36. The Kier molecular flexibility index (Phi) is 4.72. The number of fused-ring (bicyclic) bond motifs is 1. The SMILES string of the molecule is CC(C)CCCC(C)Nc1ccc([N+](=O)[O-])c2nonc12. The van der Waals surface area contributed by atoms with Gasteiger partial charge in [-0.05, 0) is 35.6 Å². The number of nitro benzene ring substituents is 1. The number of benzene rings is 1. The van der Waals surface area contributed by atoms with E-state index in [1.807, 2.05) is 0 Å². The second kappa shape index (κ2) is 6.51. The van der Waals surface area contributed by atoms with Crippen LogP contribution in [0.4, 0.5) is 11.4 Å². The molecule has 2 aromatic rings. The molecule has 2 rings (SSSR count). The predicted octanol–water partition coefficient (Wildman–Crippen LogP) is 3.76. The number of nitro groups is 1. The molecule has 0 aliphatic rings. The van der Waals surface area contributed by atoms with Crippen LogP contribution in [-0.4, -0.2) is 21.3 Å². The van der Waals surface area contributed by atoms with Gasteiger partial charge in [0, 0.05) is 12.1 Å². The van der Waals surface area contributed by atoms with Crippen molar-refractivity contribution in [1.29, 1.82) is 0 Å². The minimum atomic E-state index is -0.484. The van der Waals surface area contributed by atoms with Crippen LogP contribution in [0.5, 0.6) is 0 Å². The lowest BCUT2D eigenvalue weighted by atomic mass is 10.0. The Hall–Kier alpha value is -2.18. The molecule has 0 amide bonds. The molecule has 21 heavy (non-hydrogen) atoms. The average molecular weight is 292 g/mol. The van der Waals surface area contributed by atoms with Gasteiger partial charge in [0.05, 0.1) is 10.6 Å². The summed E-state index contributed by atoms with van der Waals surface area (Å²) in [5, 5.41) is 21.6. The molecule has 0 aliphatic carbocycles. The van der Waals surface area contributed by atoms with Gasteiger partial charge in [-0.2, -0.15) is 0 Å². The molecule has 1 atom stereocenters. The van der Waals surface area contributed by atoms with Gasteiger partial charge >= 0.3 is 5.69 Å². The van der Waals surface area contributed by atoms with Crippen molar-refractivity contribution in [2.45, 2.75) is 46.1 Å². The Morgan fingerprint density at radius 2 is 1.95 bits per heavy atom. The van der Waals surface area contributed by atoms with Crippen LogP contribution in [-0.2, 0) is 0 Å². The van der Waals surface area contributed by atoms with Crippen molar-refractivity contribution in [2.24, 2.45) is 5.92 Å². The number of hydrogen-bond acceptors (Lipinski definition) is 6. The first-order valence-corrected chi connectivity index (χ1v) is 7.15. The molecule has 1 aromatic carbocycles. The normalized spacial score (nSPS) is 12.8. The van der Waals surface area contributed by atoms with E-state index in [0.29, 0.717) is 17.1 Å². The summed E-state index contributed by atoms with van der Waals surface area (Å²) < 4.78 is 4.65. The first-order valence-electron chi connectivity index (χ1n) is 7.15. The van der Waals surface area contributed by atoms with Crippen molar-refractivity contribution in [1.82, 2.24) is 10.3 Å². The Bertz CT molecular complexity index is 624. The van der Waals surface area contributed by atoms with E-state index in [9.17, 15) is 10.1 Å². The van der Waals surface area contributed by atoms with Crippen LogP contribution in [0, 0.1) is 16.0 Å². The fourth-order valence-electron chi connectivity index (χ4n) is 2.29. The van der Waals surface area contributed by atoms with Gasteiger partial charge in [-0.15, -0.1) is 0 Å².